The molecule has 0 unspecified atom stereocenters. The number of hydrogen-bond donors (Lipinski definition) is 2. The van der Waals surface area contributed by atoms with Crippen molar-refractivity contribution in [2.75, 3.05) is 6.61 Å². The van der Waals surface area contributed by atoms with E-state index >= 15 is 0 Å². The Hall–Kier alpha value is -0.770. The van der Waals surface area contributed by atoms with Crippen molar-refractivity contribution in [2.45, 2.75) is 6.29 Å². The Morgan fingerprint density at radius 3 is 2.33 bits per heavy atom. The molecule has 1 aromatic rings. The van der Waals surface area contributed by atoms with E-state index < -0.39 is 6.29 Å². The van der Waals surface area contributed by atoms with Crippen molar-refractivity contribution in [2.24, 2.45) is 0 Å². The lowest BCUT2D eigenvalue weighted by Crippen LogP contribution is -2.15. The van der Waals surface area contributed by atoms with Crippen LogP contribution in [0.5, 0.6) is 5.75 Å². The van der Waals surface area contributed by atoms with Crippen LogP contribution in [-0.2, 0) is 0 Å². The lowest BCUT2D eigenvalue weighted by atomic mass is 10.3. The van der Waals surface area contributed by atoms with Crippen molar-refractivity contribution in [3.63, 3.8) is 0 Å². The Balaban J connectivity index is 2.48. The fourth-order valence-corrected chi connectivity index (χ4v) is 0.828. The summed E-state index contributed by atoms with van der Waals surface area (Å²) >= 11 is 5.62. The van der Waals surface area contributed by atoms with Crippen LogP contribution < -0.4 is 4.74 Å². The van der Waals surface area contributed by atoms with Crippen molar-refractivity contribution in [3.05, 3.63) is 29.3 Å². The van der Waals surface area contributed by atoms with Gasteiger partial charge in [0.2, 0.25) is 0 Å². The van der Waals surface area contributed by atoms with Gasteiger partial charge in [0, 0.05) is 5.02 Å². The molecule has 0 aliphatic heterocycles. The molecular weight excluding hydrogens is 180 g/mol. The second-order valence-electron chi connectivity index (χ2n) is 2.25. The fraction of sp³-hybridized carbons (Fsp3) is 0.250. The van der Waals surface area contributed by atoms with E-state index in [0.29, 0.717) is 10.8 Å². The fourth-order valence-electron chi connectivity index (χ4n) is 0.702. The maximum Gasteiger partial charge on any atom is 0.186 e. The molecule has 0 aromatic heterocycles. The Morgan fingerprint density at radius 1 is 1.25 bits per heavy atom. The summed E-state index contributed by atoms with van der Waals surface area (Å²) in [5.41, 5.74) is 0. The molecule has 0 amide bonds. The summed E-state index contributed by atoms with van der Waals surface area (Å²) in [5, 5.41) is 17.6. The Bertz CT molecular complexity index is 233. The lowest BCUT2D eigenvalue weighted by molar-refractivity contribution is -0.0680. The quantitative estimate of drug-likeness (QED) is 0.697. The smallest absolute Gasteiger partial charge is 0.186 e. The molecule has 0 saturated heterocycles. The van der Waals surface area contributed by atoms with Crippen LogP contribution in [0.2, 0.25) is 5.02 Å². The molecule has 1 aromatic carbocycles. The highest BCUT2D eigenvalue weighted by Crippen LogP contribution is 2.15. The van der Waals surface area contributed by atoms with E-state index in [0.717, 1.165) is 0 Å². The maximum atomic E-state index is 8.47. The first-order chi connectivity index (χ1) is 5.68. The summed E-state index contributed by atoms with van der Waals surface area (Å²) in [5.74, 6) is 0.563. The predicted molar refractivity (Wildman–Crippen MR) is 45.2 cm³/mol. The minimum atomic E-state index is -1.44. The molecule has 1 rings (SSSR count). The number of aliphatic hydroxyl groups is 2. The van der Waals surface area contributed by atoms with E-state index in [1.807, 2.05) is 0 Å². The van der Waals surface area contributed by atoms with Gasteiger partial charge in [0.25, 0.3) is 0 Å². The van der Waals surface area contributed by atoms with Crippen LogP contribution in [0.3, 0.4) is 0 Å². The number of halogens is 1. The number of aliphatic hydroxyl groups excluding tert-OH is 1. The van der Waals surface area contributed by atoms with Crippen LogP contribution in [0, 0.1) is 0 Å². The molecule has 0 heterocycles. The van der Waals surface area contributed by atoms with E-state index in [2.05, 4.69) is 0 Å². The van der Waals surface area contributed by atoms with E-state index in [9.17, 15) is 0 Å². The van der Waals surface area contributed by atoms with Gasteiger partial charge < -0.3 is 14.9 Å². The Kier molecular flexibility index (Phi) is 3.34. The van der Waals surface area contributed by atoms with Gasteiger partial charge >= 0.3 is 0 Å². The van der Waals surface area contributed by atoms with Crippen LogP contribution in [0.4, 0.5) is 0 Å². The number of rotatable bonds is 3. The number of benzene rings is 1. The first-order valence-electron chi connectivity index (χ1n) is 3.43. The van der Waals surface area contributed by atoms with Crippen molar-refractivity contribution < 1.29 is 14.9 Å². The topological polar surface area (TPSA) is 49.7 Å². The molecule has 4 heteroatoms. The minimum Gasteiger partial charge on any atom is -0.488 e. The molecule has 66 valence electrons. The van der Waals surface area contributed by atoms with Crippen LogP contribution in [0.25, 0.3) is 0 Å². The summed E-state index contributed by atoms with van der Waals surface area (Å²) < 4.78 is 4.96. The highest BCUT2D eigenvalue weighted by molar-refractivity contribution is 6.30. The third-order valence-corrected chi connectivity index (χ3v) is 1.46. The zero-order valence-electron chi connectivity index (χ0n) is 6.27. The molecule has 0 radical (unpaired) electrons. The highest BCUT2D eigenvalue weighted by atomic mass is 35.5. The highest BCUT2D eigenvalue weighted by Gasteiger charge is 1.98. The van der Waals surface area contributed by atoms with Gasteiger partial charge in [-0.1, -0.05) is 11.6 Å². The van der Waals surface area contributed by atoms with Crippen molar-refractivity contribution >= 4 is 11.6 Å². The molecule has 3 nitrogen and oxygen atoms in total. The zero-order chi connectivity index (χ0) is 8.97. The van der Waals surface area contributed by atoms with Crippen LogP contribution in [0.1, 0.15) is 0 Å². The maximum absolute atomic E-state index is 8.47. The largest absolute Gasteiger partial charge is 0.488 e. The van der Waals surface area contributed by atoms with Crippen LogP contribution in [0.15, 0.2) is 24.3 Å². The average Bonchev–Trinajstić information content (AvgIpc) is 2.03. The monoisotopic (exact) mass is 188 g/mol. The van der Waals surface area contributed by atoms with Gasteiger partial charge in [-0.3, -0.25) is 0 Å². The standard InChI is InChI=1S/C8H9ClO3/c9-6-1-3-7(4-2-6)12-5-8(10)11/h1-4,8,10-11H,5H2. The van der Waals surface area contributed by atoms with Gasteiger partial charge in [0.1, 0.15) is 12.4 Å². The van der Waals surface area contributed by atoms with Gasteiger partial charge in [0.15, 0.2) is 6.29 Å². The average molecular weight is 189 g/mol. The SMILES string of the molecule is OC(O)COc1ccc(Cl)cc1. The van der Waals surface area contributed by atoms with Gasteiger partial charge in [-0.05, 0) is 24.3 Å². The molecular formula is C8H9ClO3. The molecule has 0 aliphatic carbocycles. The second-order valence-corrected chi connectivity index (χ2v) is 2.68. The van der Waals surface area contributed by atoms with Crippen LogP contribution in [-0.4, -0.2) is 23.1 Å². The van der Waals surface area contributed by atoms with E-state index in [-0.39, 0.29) is 6.61 Å². The van der Waals surface area contributed by atoms with Gasteiger partial charge in [-0.25, -0.2) is 0 Å². The summed E-state index contributed by atoms with van der Waals surface area (Å²) in [6, 6.07) is 6.65. The van der Waals surface area contributed by atoms with Crippen molar-refractivity contribution in [1.82, 2.24) is 0 Å². The Labute approximate surface area is 75.2 Å². The van der Waals surface area contributed by atoms with Crippen molar-refractivity contribution in [3.8, 4) is 5.75 Å². The Morgan fingerprint density at radius 2 is 1.83 bits per heavy atom. The molecule has 0 aliphatic rings. The van der Waals surface area contributed by atoms with Gasteiger partial charge in [0.05, 0.1) is 0 Å². The first kappa shape index (κ1) is 9.32. The molecule has 0 fully saturated rings. The van der Waals surface area contributed by atoms with E-state index in [1.54, 1.807) is 24.3 Å². The predicted octanol–water partition coefficient (Wildman–Crippen LogP) is 1.03. The first-order valence-corrected chi connectivity index (χ1v) is 3.81. The molecule has 0 bridgehead atoms. The summed E-state index contributed by atoms with van der Waals surface area (Å²) in [7, 11) is 0. The van der Waals surface area contributed by atoms with Gasteiger partial charge in [-0.15, -0.1) is 0 Å². The summed E-state index contributed by atoms with van der Waals surface area (Å²) in [4.78, 5) is 0. The third-order valence-electron chi connectivity index (χ3n) is 1.21. The number of ether oxygens (including phenoxy) is 1. The molecule has 0 saturated carbocycles. The second kappa shape index (κ2) is 4.30. The van der Waals surface area contributed by atoms with Gasteiger partial charge in [-0.2, -0.15) is 0 Å². The summed E-state index contributed by atoms with van der Waals surface area (Å²) in [6.45, 7) is -0.137. The van der Waals surface area contributed by atoms with E-state index in [1.165, 1.54) is 0 Å². The van der Waals surface area contributed by atoms with Crippen molar-refractivity contribution in [1.29, 1.82) is 0 Å². The van der Waals surface area contributed by atoms with E-state index in [4.69, 9.17) is 26.6 Å². The number of hydrogen-bond acceptors (Lipinski definition) is 3. The lowest BCUT2D eigenvalue weighted by Gasteiger charge is -2.06. The molecule has 0 atom stereocenters. The summed E-state index contributed by atoms with van der Waals surface area (Å²) in [6.07, 6.45) is -1.44. The molecule has 2 N–H and O–H groups in total. The normalized spacial score (nSPS) is 10.3. The van der Waals surface area contributed by atoms with Crippen LogP contribution >= 0.6 is 11.6 Å². The molecule has 12 heavy (non-hydrogen) atoms. The third kappa shape index (κ3) is 3.09. The molecule has 0 spiro atoms. The minimum absolute atomic E-state index is 0.137. The zero-order valence-corrected chi connectivity index (χ0v) is 7.03.